The van der Waals surface area contributed by atoms with Crippen molar-refractivity contribution in [1.82, 2.24) is 4.98 Å². The van der Waals surface area contributed by atoms with E-state index < -0.39 is 0 Å². The van der Waals surface area contributed by atoms with Gasteiger partial charge in [0.1, 0.15) is 5.75 Å². The van der Waals surface area contributed by atoms with Gasteiger partial charge in [0.05, 0.1) is 5.92 Å². The van der Waals surface area contributed by atoms with Crippen LogP contribution in [0.2, 0.25) is 5.02 Å². The molecule has 0 aliphatic carbocycles. The summed E-state index contributed by atoms with van der Waals surface area (Å²) >= 11 is 6.10. The van der Waals surface area contributed by atoms with Gasteiger partial charge >= 0.3 is 0 Å². The molecular formula is C21H17ClN2O2. The molecule has 5 heteroatoms. The number of aromatic nitrogens is 1. The second-order valence-electron chi connectivity index (χ2n) is 6.38. The molecular weight excluding hydrogens is 348 g/mol. The Morgan fingerprint density at radius 2 is 1.77 bits per heavy atom. The summed E-state index contributed by atoms with van der Waals surface area (Å²) in [6.07, 6.45) is 0. The summed E-state index contributed by atoms with van der Waals surface area (Å²) in [5.74, 6) is -0.252. The van der Waals surface area contributed by atoms with Gasteiger partial charge in [-0.25, -0.2) is 0 Å². The highest BCUT2D eigenvalue weighted by molar-refractivity contribution is 6.31. The minimum atomic E-state index is -0.316. The summed E-state index contributed by atoms with van der Waals surface area (Å²) in [7, 11) is 0. The highest BCUT2D eigenvalue weighted by Crippen LogP contribution is 2.30. The van der Waals surface area contributed by atoms with Crippen LogP contribution in [0.5, 0.6) is 5.75 Å². The minimum Gasteiger partial charge on any atom is -0.508 e. The Bertz CT molecular complexity index is 1120. The smallest absolute Gasteiger partial charge is 0.231 e. The van der Waals surface area contributed by atoms with Gasteiger partial charge in [-0.15, -0.1) is 0 Å². The van der Waals surface area contributed by atoms with Crippen LogP contribution in [-0.2, 0) is 4.79 Å². The van der Waals surface area contributed by atoms with Crippen molar-refractivity contribution in [1.29, 1.82) is 0 Å². The Morgan fingerprint density at radius 3 is 2.54 bits per heavy atom. The van der Waals surface area contributed by atoms with Crippen LogP contribution < -0.4 is 5.32 Å². The second-order valence-corrected chi connectivity index (χ2v) is 6.81. The fourth-order valence-corrected chi connectivity index (χ4v) is 3.28. The third kappa shape index (κ3) is 3.00. The molecule has 130 valence electrons. The first-order valence-electron chi connectivity index (χ1n) is 8.32. The Kier molecular flexibility index (Phi) is 4.05. The quantitative estimate of drug-likeness (QED) is 0.425. The molecule has 4 aromatic rings. The van der Waals surface area contributed by atoms with Crippen molar-refractivity contribution in [3.05, 3.63) is 71.2 Å². The van der Waals surface area contributed by atoms with Gasteiger partial charge in [0.25, 0.3) is 0 Å². The van der Waals surface area contributed by atoms with Gasteiger partial charge in [0.2, 0.25) is 5.91 Å². The molecule has 0 aliphatic heterocycles. The molecule has 26 heavy (non-hydrogen) atoms. The number of aromatic amines is 1. The van der Waals surface area contributed by atoms with E-state index in [1.807, 2.05) is 43.3 Å². The number of fused-ring (bicyclic) bond motifs is 3. The molecule has 0 fully saturated rings. The maximum atomic E-state index is 12.5. The van der Waals surface area contributed by atoms with Crippen molar-refractivity contribution in [3.8, 4) is 5.75 Å². The van der Waals surface area contributed by atoms with Crippen LogP contribution in [0.3, 0.4) is 0 Å². The van der Waals surface area contributed by atoms with Gasteiger partial charge in [-0.1, -0.05) is 23.7 Å². The van der Waals surface area contributed by atoms with E-state index in [-0.39, 0.29) is 17.6 Å². The van der Waals surface area contributed by atoms with Gasteiger partial charge < -0.3 is 15.4 Å². The second kappa shape index (κ2) is 6.39. The molecule has 0 saturated heterocycles. The number of benzene rings is 3. The van der Waals surface area contributed by atoms with Gasteiger partial charge in [-0.05, 0) is 61.0 Å². The Labute approximate surface area is 155 Å². The van der Waals surface area contributed by atoms with E-state index in [2.05, 4.69) is 10.3 Å². The molecule has 3 aromatic carbocycles. The van der Waals surface area contributed by atoms with Crippen LogP contribution in [0.4, 0.5) is 5.69 Å². The monoisotopic (exact) mass is 364 g/mol. The zero-order valence-corrected chi connectivity index (χ0v) is 14.8. The molecule has 1 amide bonds. The van der Waals surface area contributed by atoms with E-state index in [1.165, 1.54) is 0 Å². The number of phenols is 1. The van der Waals surface area contributed by atoms with E-state index in [0.29, 0.717) is 10.7 Å². The summed E-state index contributed by atoms with van der Waals surface area (Å²) in [5, 5.41) is 15.1. The molecule has 1 heterocycles. The third-order valence-corrected chi connectivity index (χ3v) is 4.85. The van der Waals surface area contributed by atoms with Crippen LogP contribution in [0.1, 0.15) is 18.4 Å². The molecule has 0 spiro atoms. The topological polar surface area (TPSA) is 65.1 Å². The highest BCUT2D eigenvalue weighted by atomic mass is 35.5. The number of amides is 1. The van der Waals surface area contributed by atoms with Gasteiger partial charge in [0, 0.05) is 32.5 Å². The lowest BCUT2D eigenvalue weighted by Gasteiger charge is -2.13. The summed E-state index contributed by atoms with van der Waals surface area (Å²) < 4.78 is 0. The predicted molar refractivity (Wildman–Crippen MR) is 106 cm³/mol. The van der Waals surface area contributed by atoms with E-state index in [9.17, 15) is 9.90 Å². The first-order chi connectivity index (χ1) is 12.5. The molecule has 0 radical (unpaired) electrons. The number of hydrogen-bond acceptors (Lipinski definition) is 2. The number of halogens is 1. The van der Waals surface area contributed by atoms with Crippen LogP contribution in [-0.4, -0.2) is 16.0 Å². The normalized spacial score (nSPS) is 12.4. The highest BCUT2D eigenvalue weighted by Gasteiger charge is 2.17. The number of rotatable bonds is 3. The summed E-state index contributed by atoms with van der Waals surface area (Å²) in [6.45, 7) is 1.87. The average Bonchev–Trinajstić information content (AvgIpc) is 3.00. The Balaban J connectivity index is 1.63. The number of aromatic hydroxyl groups is 1. The van der Waals surface area contributed by atoms with Gasteiger partial charge in [0.15, 0.2) is 0 Å². The first-order valence-corrected chi connectivity index (χ1v) is 8.70. The van der Waals surface area contributed by atoms with Gasteiger partial charge in [-0.2, -0.15) is 0 Å². The van der Waals surface area contributed by atoms with E-state index in [4.69, 9.17) is 11.6 Å². The summed E-state index contributed by atoms with van der Waals surface area (Å²) in [6, 6.07) is 18.2. The van der Waals surface area contributed by atoms with Crippen molar-refractivity contribution in [3.63, 3.8) is 0 Å². The van der Waals surface area contributed by atoms with E-state index in [1.54, 1.807) is 24.3 Å². The molecule has 1 aromatic heterocycles. The lowest BCUT2D eigenvalue weighted by molar-refractivity contribution is -0.117. The van der Waals surface area contributed by atoms with Crippen molar-refractivity contribution >= 4 is 45.0 Å². The average molecular weight is 365 g/mol. The maximum absolute atomic E-state index is 12.5. The number of carbonyl (C=O) groups is 1. The van der Waals surface area contributed by atoms with Gasteiger partial charge in [-0.3, -0.25) is 4.79 Å². The van der Waals surface area contributed by atoms with E-state index >= 15 is 0 Å². The zero-order chi connectivity index (χ0) is 18.3. The minimum absolute atomic E-state index is 0.103. The summed E-state index contributed by atoms with van der Waals surface area (Å²) in [4.78, 5) is 15.9. The number of hydrogen-bond donors (Lipinski definition) is 3. The van der Waals surface area contributed by atoms with Crippen LogP contribution in [0, 0.1) is 0 Å². The molecule has 0 saturated carbocycles. The SMILES string of the molecule is C[C@@H](C(=O)Nc1ccc(O)cc1)c1ccc2c(c1)[nH]c1ccc(Cl)cc12. The predicted octanol–water partition coefficient (Wildman–Crippen LogP) is 5.42. The molecule has 4 nitrogen and oxygen atoms in total. The fourth-order valence-electron chi connectivity index (χ4n) is 3.11. The fraction of sp³-hybridized carbons (Fsp3) is 0.0952. The number of nitrogens with one attached hydrogen (secondary N) is 2. The molecule has 3 N–H and O–H groups in total. The number of anilines is 1. The van der Waals surface area contributed by atoms with Crippen molar-refractivity contribution in [2.75, 3.05) is 5.32 Å². The van der Waals surface area contributed by atoms with Crippen LogP contribution >= 0.6 is 11.6 Å². The van der Waals surface area contributed by atoms with Crippen LogP contribution in [0.25, 0.3) is 21.8 Å². The Hall–Kier alpha value is -2.98. The largest absolute Gasteiger partial charge is 0.508 e. The molecule has 0 aliphatic rings. The molecule has 4 rings (SSSR count). The molecule has 0 unspecified atom stereocenters. The van der Waals surface area contributed by atoms with Crippen molar-refractivity contribution in [2.45, 2.75) is 12.8 Å². The lowest BCUT2D eigenvalue weighted by Crippen LogP contribution is -2.18. The number of carbonyl (C=O) groups excluding carboxylic acids is 1. The first kappa shape index (κ1) is 16.5. The summed E-state index contributed by atoms with van der Waals surface area (Å²) in [5.41, 5.74) is 3.57. The molecule has 1 atom stereocenters. The molecule has 0 bridgehead atoms. The Morgan fingerprint density at radius 1 is 1.00 bits per heavy atom. The number of phenolic OH excluding ortho intramolecular Hbond substituents is 1. The standard InChI is InChI=1S/C21H17ClN2O2/c1-12(21(26)23-15-4-6-16(25)7-5-15)13-2-8-17-18-11-14(22)3-9-19(18)24-20(17)10-13/h2-12,24-25H,1H3,(H,23,26)/t12-/m1/s1. The van der Waals surface area contributed by atoms with Crippen LogP contribution in [0.15, 0.2) is 60.7 Å². The van der Waals surface area contributed by atoms with E-state index in [0.717, 1.165) is 27.4 Å². The lowest BCUT2D eigenvalue weighted by atomic mass is 9.98. The number of H-pyrrole nitrogens is 1. The maximum Gasteiger partial charge on any atom is 0.231 e. The third-order valence-electron chi connectivity index (χ3n) is 4.61. The van der Waals surface area contributed by atoms with Crippen molar-refractivity contribution in [2.24, 2.45) is 0 Å². The van der Waals surface area contributed by atoms with Crippen molar-refractivity contribution < 1.29 is 9.90 Å². The zero-order valence-electron chi connectivity index (χ0n) is 14.1.